The summed E-state index contributed by atoms with van der Waals surface area (Å²) in [6.07, 6.45) is -0.684. The molecule has 0 aliphatic carbocycles. The van der Waals surface area contributed by atoms with Crippen LogP contribution in [0.25, 0.3) is 0 Å². The number of aryl methyl sites for hydroxylation is 2. The van der Waals surface area contributed by atoms with Gasteiger partial charge in [-0.1, -0.05) is 59.7 Å². The van der Waals surface area contributed by atoms with E-state index in [4.69, 9.17) is 4.74 Å². The van der Waals surface area contributed by atoms with Crippen LogP contribution in [0.5, 0.6) is 0 Å². The molecule has 7 nitrogen and oxygen atoms in total. The first-order chi connectivity index (χ1) is 16.2. The lowest BCUT2D eigenvalue weighted by molar-refractivity contribution is -0.146. The summed E-state index contributed by atoms with van der Waals surface area (Å²) < 4.78 is 5.26. The lowest BCUT2D eigenvalue weighted by Crippen LogP contribution is -2.55. The molecule has 35 heavy (non-hydrogen) atoms. The van der Waals surface area contributed by atoms with Crippen molar-refractivity contribution in [2.75, 3.05) is 6.54 Å². The maximum atomic E-state index is 13.6. The van der Waals surface area contributed by atoms with E-state index in [0.717, 1.165) is 16.7 Å². The van der Waals surface area contributed by atoms with Gasteiger partial charge in [0.2, 0.25) is 11.8 Å². The van der Waals surface area contributed by atoms with Gasteiger partial charge in [0.25, 0.3) is 0 Å². The number of alkyl carbamates (subject to hydrolysis) is 1. The fraction of sp³-hybridized carbons (Fsp3) is 0.464. The van der Waals surface area contributed by atoms with E-state index in [1.807, 2.05) is 83.1 Å². The molecule has 0 aliphatic heterocycles. The Morgan fingerprint density at radius 2 is 1.46 bits per heavy atom. The van der Waals surface area contributed by atoms with Gasteiger partial charge in [-0.15, -0.1) is 0 Å². The van der Waals surface area contributed by atoms with E-state index in [2.05, 4.69) is 10.6 Å². The second-order valence-corrected chi connectivity index (χ2v) is 10.8. The third-order valence-corrected chi connectivity index (χ3v) is 5.15. The molecule has 2 N–H and O–H groups in total. The minimum Gasteiger partial charge on any atom is -0.444 e. The first kappa shape index (κ1) is 27.9. The van der Waals surface area contributed by atoms with Crippen molar-refractivity contribution in [3.05, 3.63) is 70.8 Å². The largest absolute Gasteiger partial charge is 0.444 e. The number of benzene rings is 2. The van der Waals surface area contributed by atoms with Gasteiger partial charge in [-0.3, -0.25) is 9.59 Å². The van der Waals surface area contributed by atoms with Crippen LogP contribution in [0.1, 0.15) is 69.8 Å². The molecule has 2 aromatic rings. The Labute approximate surface area is 209 Å². The summed E-state index contributed by atoms with van der Waals surface area (Å²) in [4.78, 5) is 40.9. The smallest absolute Gasteiger partial charge is 0.408 e. The van der Waals surface area contributed by atoms with Gasteiger partial charge in [0.05, 0.1) is 0 Å². The average Bonchev–Trinajstić information content (AvgIpc) is 2.72. The van der Waals surface area contributed by atoms with Gasteiger partial charge in [-0.25, -0.2) is 4.79 Å². The zero-order chi connectivity index (χ0) is 26.4. The summed E-state index contributed by atoms with van der Waals surface area (Å²) in [5, 5.41) is 5.53. The van der Waals surface area contributed by atoms with Gasteiger partial charge < -0.3 is 20.3 Å². The van der Waals surface area contributed by atoms with E-state index in [1.54, 1.807) is 25.7 Å². The average molecular weight is 482 g/mol. The molecule has 1 unspecified atom stereocenters. The summed E-state index contributed by atoms with van der Waals surface area (Å²) in [7, 11) is 0. The highest BCUT2D eigenvalue weighted by Gasteiger charge is 2.38. The van der Waals surface area contributed by atoms with Crippen LogP contribution in [-0.2, 0) is 20.9 Å². The third-order valence-electron chi connectivity index (χ3n) is 5.15. The maximum Gasteiger partial charge on any atom is 0.408 e. The van der Waals surface area contributed by atoms with Gasteiger partial charge in [-0.2, -0.15) is 0 Å². The predicted octanol–water partition coefficient (Wildman–Crippen LogP) is 4.81. The van der Waals surface area contributed by atoms with Crippen LogP contribution in [0, 0.1) is 13.8 Å². The predicted molar refractivity (Wildman–Crippen MR) is 138 cm³/mol. The SMILES string of the molecule is Cc1cc(C)cc(C(C(=O)NCc2ccccc2)N(C(=O)CNC(=O)OC(C)(C)C)C(C)(C)C)c1. The summed E-state index contributed by atoms with van der Waals surface area (Å²) in [6.45, 7) is 14.8. The topological polar surface area (TPSA) is 87.7 Å². The van der Waals surface area contributed by atoms with Gasteiger partial charge in [0.1, 0.15) is 18.2 Å². The Kier molecular flexibility index (Phi) is 9.07. The second kappa shape index (κ2) is 11.4. The Balaban J connectivity index is 2.39. The van der Waals surface area contributed by atoms with Crippen molar-refractivity contribution in [1.82, 2.24) is 15.5 Å². The minimum absolute atomic E-state index is 0.292. The standard InChI is InChI=1S/C28H39N3O4/c1-19-14-20(2)16-22(15-19)24(25(33)29-17-21-12-10-9-11-13-21)31(27(3,4)5)23(32)18-30-26(34)35-28(6,7)8/h9-16,24H,17-18H2,1-8H3,(H,29,33)(H,30,34). The Hall–Kier alpha value is -3.35. The van der Waals surface area contributed by atoms with E-state index < -0.39 is 23.3 Å². The molecule has 7 heteroatoms. The van der Waals surface area contributed by atoms with Crippen LogP contribution in [0.3, 0.4) is 0 Å². The summed E-state index contributed by atoms with van der Waals surface area (Å²) in [5.74, 6) is -0.679. The highest BCUT2D eigenvalue weighted by molar-refractivity contribution is 5.91. The lowest BCUT2D eigenvalue weighted by Gasteiger charge is -2.41. The van der Waals surface area contributed by atoms with Gasteiger partial charge in [-0.05, 0) is 66.5 Å². The fourth-order valence-electron chi connectivity index (χ4n) is 3.92. The number of nitrogens with zero attached hydrogens (tertiary/aromatic N) is 1. The van der Waals surface area contributed by atoms with Crippen molar-refractivity contribution < 1.29 is 19.1 Å². The monoisotopic (exact) mass is 481 g/mol. The normalized spacial score (nSPS) is 12.5. The highest BCUT2D eigenvalue weighted by atomic mass is 16.6. The Morgan fingerprint density at radius 1 is 0.886 bits per heavy atom. The number of carbonyl (C=O) groups excluding carboxylic acids is 3. The van der Waals surface area contributed by atoms with Crippen LogP contribution in [0.2, 0.25) is 0 Å². The van der Waals surface area contributed by atoms with Crippen LogP contribution in [0.4, 0.5) is 4.79 Å². The summed E-state index contributed by atoms with van der Waals surface area (Å²) >= 11 is 0. The molecule has 0 bridgehead atoms. The molecule has 0 saturated carbocycles. The van der Waals surface area contributed by atoms with E-state index in [-0.39, 0.29) is 18.4 Å². The molecule has 0 heterocycles. The molecule has 2 rings (SSSR count). The zero-order valence-electron chi connectivity index (χ0n) is 22.2. The van der Waals surface area contributed by atoms with Crippen molar-refractivity contribution in [2.24, 2.45) is 0 Å². The highest BCUT2D eigenvalue weighted by Crippen LogP contribution is 2.30. The van der Waals surface area contributed by atoms with Crippen LogP contribution < -0.4 is 10.6 Å². The molecular weight excluding hydrogens is 442 g/mol. The summed E-state index contributed by atoms with van der Waals surface area (Å²) in [5.41, 5.74) is 2.27. The molecule has 3 amide bonds. The maximum absolute atomic E-state index is 13.6. The molecule has 1 atom stereocenters. The van der Waals surface area contributed by atoms with Crippen LogP contribution in [0.15, 0.2) is 48.5 Å². The van der Waals surface area contributed by atoms with Gasteiger partial charge >= 0.3 is 6.09 Å². The third kappa shape index (κ3) is 8.74. The fourth-order valence-corrected chi connectivity index (χ4v) is 3.92. The number of rotatable bonds is 7. The molecule has 190 valence electrons. The van der Waals surface area contributed by atoms with Crippen molar-refractivity contribution in [1.29, 1.82) is 0 Å². The van der Waals surface area contributed by atoms with Crippen LogP contribution in [-0.4, -0.2) is 40.5 Å². The quantitative estimate of drug-likeness (QED) is 0.594. The number of carbonyl (C=O) groups is 3. The zero-order valence-corrected chi connectivity index (χ0v) is 22.2. The van der Waals surface area contributed by atoms with Gasteiger partial charge in [0, 0.05) is 12.1 Å². The first-order valence-corrected chi connectivity index (χ1v) is 11.9. The molecule has 2 aromatic carbocycles. The van der Waals surface area contributed by atoms with Crippen LogP contribution >= 0.6 is 0 Å². The molecule has 0 aromatic heterocycles. The molecule has 0 spiro atoms. The van der Waals surface area contributed by atoms with Crippen molar-refractivity contribution in [2.45, 2.75) is 79.1 Å². The number of nitrogens with one attached hydrogen (secondary N) is 2. The summed E-state index contributed by atoms with van der Waals surface area (Å²) in [6, 6.07) is 14.6. The van der Waals surface area contributed by atoms with Crippen molar-refractivity contribution >= 4 is 17.9 Å². The van der Waals surface area contributed by atoms with E-state index >= 15 is 0 Å². The van der Waals surface area contributed by atoms with Gasteiger partial charge in [0.15, 0.2) is 0 Å². The minimum atomic E-state index is -0.884. The number of amides is 3. The number of ether oxygens (including phenoxy) is 1. The van der Waals surface area contributed by atoms with E-state index in [0.29, 0.717) is 12.1 Å². The Bertz CT molecular complexity index is 1020. The van der Waals surface area contributed by atoms with E-state index in [1.165, 1.54) is 0 Å². The number of hydrogen-bond acceptors (Lipinski definition) is 4. The van der Waals surface area contributed by atoms with E-state index in [9.17, 15) is 14.4 Å². The van der Waals surface area contributed by atoms with Crippen molar-refractivity contribution in [3.63, 3.8) is 0 Å². The lowest BCUT2D eigenvalue weighted by atomic mass is 9.94. The molecule has 0 fully saturated rings. The Morgan fingerprint density at radius 3 is 1.97 bits per heavy atom. The second-order valence-electron chi connectivity index (χ2n) is 10.8. The molecular formula is C28H39N3O4. The molecule has 0 saturated heterocycles. The molecule has 0 radical (unpaired) electrons. The number of hydrogen-bond donors (Lipinski definition) is 2. The van der Waals surface area contributed by atoms with Crippen molar-refractivity contribution in [3.8, 4) is 0 Å². The molecule has 0 aliphatic rings. The first-order valence-electron chi connectivity index (χ1n) is 11.9.